The molecule has 6 nitrogen and oxygen atoms in total. The van der Waals surface area contributed by atoms with Gasteiger partial charge in [-0.05, 0) is 0 Å². The second-order valence-electron chi connectivity index (χ2n) is 0. The van der Waals surface area contributed by atoms with Crippen LogP contribution in [0.2, 0.25) is 0 Å². The van der Waals surface area contributed by atoms with Crippen molar-refractivity contribution in [1.82, 2.24) is 0 Å². The number of hydrogen-bond donors (Lipinski definition) is 0. The van der Waals surface area contributed by atoms with Gasteiger partial charge in [-0.1, -0.05) is 0 Å². The topological polar surface area (TPSA) is 143 Å². The molecule has 0 aromatic heterocycles. The van der Waals surface area contributed by atoms with E-state index in [1.54, 1.807) is 0 Å². The minimum Gasteiger partial charge on any atom is -0.512 e. The first-order valence-electron chi connectivity index (χ1n) is 1.34. The van der Waals surface area contributed by atoms with E-state index in [4.69, 9.17) is 71.0 Å². The second-order valence-corrected chi connectivity index (χ2v) is 0. The van der Waals surface area contributed by atoms with Crippen molar-refractivity contribution in [2.24, 2.45) is 0 Å². The molecule has 0 N–H and O–H groups in total. The first kappa shape index (κ1) is 79.3. The van der Waals surface area contributed by atoms with Crippen LogP contribution in [-0.4, -0.2) is 0 Å². The Hall–Kier alpha value is -1.35. The van der Waals surface area contributed by atoms with E-state index in [9.17, 15) is 0 Å². The number of rotatable bonds is 0. The van der Waals surface area contributed by atoms with Gasteiger partial charge in [0.05, 0.1) is 0 Å². The van der Waals surface area contributed by atoms with Crippen molar-refractivity contribution in [2.75, 3.05) is 0 Å². The van der Waals surface area contributed by atoms with Crippen LogP contribution < -0.4 is 0 Å². The average molecular weight is 351 g/mol. The summed E-state index contributed by atoms with van der Waals surface area (Å²) < 4.78 is 0. The van der Waals surface area contributed by atoms with E-state index >= 15 is 0 Å². The van der Waals surface area contributed by atoms with Gasteiger partial charge in [-0.25, -0.2) is 0 Å². The summed E-state index contributed by atoms with van der Waals surface area (Å²) in [5, 5.41) is 37.5. The Bertz CT molecular complexity index is 97.3. The van der Waals surface area contributed by atoms with Crippen molar-refractivity contribution in [2.45, 2.75) is 0 Å². The minimum absolute atomic E-state index is 0. The molecule has 0 aromatic carbocycles. The fraction of sp³-hybridized carbons (Fsp3) is 0. The fourth-order valence-corrected chi connectivity index (χ4v) is 0. The Kier molecular flexibility index (Phi) is 4140. The molecule has 0 heterocycles. The monoisotopic (exact) mass is 351 g/mol. The van der Waals surface area contributed by atoms with E-state index in [1.165, 1.54) is 0 Å². The summed E-state index contributed by atoms with van der Waals surface area (Å²) >= 11 is 0. The van der Waals surface area contributed by atoms with Crippen LogP contribution in [0, 0.1) is 107 Å². The summed E-state index contributed by atoms with van der Waals surface area (Å²) in [7, 11) is 0. The molecule has 65 valence electrons. The molecule has 0 spiro atoms. The third-order valence-corrected chi connectivity index (χ3v) is 0. The Labute approximate surface area is 123 Å². The number of hydrogen-bond acceptors (Lipinski definition) is 6. The molecule has 0 atom stereocenters. The molecule has 0 aromatic rings. The molecule has 0 aliphatic rings. The summed E-state index contributed by atoms with van der Waals surface area (Å²) in [5.74, 6) is 0. The van der Waals surface area contributed by atoms with Crippen molar-refractivity contribution < 1.29 is 52.7 Å². The molecule has 0 saturated heterocycles. The van der Waals surface area contributed by atoms with Gasteiger partial charge in [0.2, 0.25) is 0 Å². The van der Waals surface area contributed by atoms with Gasteiger partial charge in [-0.3, -0.25) is 0 Å². The molecular weight excluding hydrogens is 351 g/mol. The van der Waals surface area contributed by atoms with E-state index in [-0.39, 0.29) is 52.7 Å². The van der Waals surface area contributed by atoms with Gasteiger partial charge in [0.1, 0.15) is 0 Å². The van der Waals surface area contributed by atoms with E-state index in [0.717, 1.165) is 0 Å². The molecule has 0 unspecified atom stereocenters. The summed E-state index contributed by atoms with van der Waals surface area (Å²) in [5.41, 5.74) is 0. The third-order valence-electron chi connectivity index (χ3n) is 0. The molecule has 0 bridgehead atoms. The fourth-order valence-electron chi connectivity index (χ4n) is 0. The Morgan fingerprint density at radius 3 is 0.357 bits per heavy atom. The Morgan fingerprint density at radius 2 is 0.357 bits per heavy atom. The predicted octanol–water partition coefficient (Wildman–Crippen LogP) is 0.576. The smallest absolute Gasteiger partial charge is 0.512 e. The van der Waals surface area contributed by atoms with E-state index in [1.807, 2.05) is 0 Å². The molecule has 0 rings (SSSR count). The Morgan fingerprint density at radius 1 is 0.357 bits per heavy atom. The SMILES string of the molecule is [C-]#N.[C-]#N.[C-]#N.[C-]#N.[C-]#N.[C-]#N.[Fe+3].[La+3]. The molecule has 0 aliphatic carbocycles. The second kappa shape index (κ2) is 731. The minimum atomic E-state index is 0. The van der Waals surface area contributed by atoms with Crippen LogP contribution in [0.3, 0.4) is 0 Å². The van der Waals surface area contributed by atoms with Crippen molar-refractivity contribution in [3.8, 4) is 0 Å². The molecule has 0 amide bonds. The van der Waals surface area contributed by atoms with Crippen LogP contribution in [0.25, 0.3) is 0 Å². The van der Waals surface area contributed by atoms with E-state index in [0.29, 0.717) is 0 Å². The third kappa shape index (κ3) is 548. The standard InChI is InChI=1S/6CN.Fe.La/c6*1-2;;/q6*-1;2*+3. The molecule has 14 heavy (non-hydrogen) atoms. The van der Waals surface area contributed by atoms with Gasteiger partial charge in [0.15, 0.2) is 0 Å². The van der Waals surface area contributed by atoms with Crippen LogP contribution in [0.4, 0.5) is 0 Å². The summed E-state index contributed by atoms with van der Waals surface area (Å²) in [6, 6.07) is 0. The largest absolute Gasteiger partial charge is 3.00 e. The maximum atomic E-state index is 6.25. The van der Waals surface area contributed by atoms with Gasteiger partial charge in [0, 0.05) is 0 Å². The quantitative estimate of drug-likeness (QED) is 0.461. The summed E-state index contributed by atoms with van der Waals surface area (Å²) in [6.07, 6.45) is 0. The maximum Gasteiger partial charge on any atom is 3.00 e. The van der Waals surface area contributed by atoms with Crippen molar-refractivity contribution in [3.05, 3.63) is 39.4 Å². The molecule has 0 saturated carbocycles. The average Bonchev–Trinajstić information content (AvgIpc) is 2.33. The molecule has 0 aliphatic heterocycles. The van der Waals surface area contributed by atoms with Crippen LogP contribution in [-0.2, 0) is 17.1 Å². The van der Waals surface area contributed by atoms with Crippen LogP contribution in [0.5, 0.6) is 0 Å². The normalized spacial score (nSPS) is 0.857. The molecule has 8 heteroatoms. The molecular formula is C6FeLaN6. The van der Waals surface area contributed by atoms with Crippen LogP contribution in [0.15, 0.2) is 0 Å². The number of nitrogens with zero attached hydrogens (tertiary/aromatic N) is 6. The Balaban J connectivity index is -0.00000000500. The molecule has 1 radical (unpaired) electrons. The van der Waals surface area contributed by atoms with Gasteiger partial charge >= 0.3 is 52.7 Å². The predicted molar refractivity (Wildman–Crippen MR) is 29.8 cm³/mol. The zero-order valence-corrected chi connectivity index (χ0v) is 11.3. The van der Waals surface area contributed by atoms with E-state index < -0.39 is 0 Å². The van der Waals surface area contributed by atoms with Gasteiger partial charge in [-0.15, -0.1) is 0 Å². The van der Waals surface area contributed by atoms with Gasteiger partial charge < -0.3 is 71.0 Å². The maximum absolute atomic E-state index is 6.25. The first-order valence-corrected chi connectivity index (χ1v) is 1.34. The summed E-state index contributed by atoms with van der Waals surface area (Å²) in [6.45, 7) is 28.5. The van der Waals surface area contributed by atoms with Crippen LogP contribution >= 0.6 is 0 Å². The van der Waals surface area contributed by atoms with E-state index in [2.05, 4.69) is 0 Å². The van der Waals surface area contributed by atoms with Crippen LogP contribution in [0.1, 0.15) is 0 Å². The summed E-state index contributed by atoms with van der Waals surface area (Å²) in [4.78, 5) is 0. The van der Waals surface area contributed by atoms with Gasteiger partial charge in [0.25, 0.3) is 0 Å². The zero-order valence-electron chi connectivity index (χ0n) is 6.61. The molecule has 0 fully saturated rings. The van der Waals surface area contributed by atoms with Crippen molar-refractivity contribution in [1.29, 1.82) is 31.6 Å². The zero-order chi connectivity index (χ0) is 12.0. The van der Waals surface area contributed by atoms with Crippen molar-refractivity contribution >= 4 is 0 Å². The van der Waals surface area contributed by atoms with Gasteiger partial charge in [-0.2, -0.15) is 0 Å². The first-order chi connectivity index (χ1) is 6.00. The van der Waals surface area contributed by atoms with Crippen molar-refractivity contribution in [3.63, 3.8) is 0 Å².